The molecule has 0 bridgehead atoms. The third-order valence-electron chi connectivity index (χ3n) is 5.86. The molecule has 2 aliphatic carbocycles. The van der Waals surface area contributed by atoms with Gasteiger partial charge < -0.3 is 10.6 Å². The van der Waals surface area contributed by atoms with Crippen molar-refractivity contribution in [1.82, 2.24) is 10.6 Å². The van der Waals surface area contributed by atoms with Gasteiger partial charge in [-0.05, 0) is 61.7 Å². The molecule has 2 N–H and O–H groups in total. The Balaban J connectivity index is 1.62. The molecule has 1 aromatic rings. The van der Waals surface area contributed by atoms with Gasteiger partial charge in [-0.1, -0.05) is 37.1 Å². The van der Waals surface area contributed by atoms with Gasteiger partial charge in [0.1, 0.15) is 0 Å². The lowest BCUT2D eigenvalue weighted by atomic mass is 9.74. The number of fused-ring (bicyclic) bond motifs is 2. The van der Waals surface area contributed by atoms with Crippen LogP contribution in [0.3, 0.4) is 0 Å². The van der Waals surface area contributed by atoms with Crippen LogP contribution in [0.4, 0.5) is 0 Å². The summed E-state index contributed by atoms with van der Waals surface area (Å²) < 4.78 is 0. The SMILES string of the molecule is c1ccc2c(c1)C(NC1CCCC1)CC21CCNCC1. The summed E-state index contributed by atoms with van der Waals surface area (Å²) in [7, 11) is 0. The number of hydrogen-bond acceptors (Lipinski definition) is 2. The normalized spacial score (nSPS) is 28.9. The van der Waals surface area contributed by atoms with Crippen molar-refractivity contribution in [3.05, 3.63) is 35.4 Å². The van der Waals surface area contributed by atoms with Crippen LogP contribution in [0.15, 0.2) is 24.3 Å². The Morgan fingerprint density at radius 1 is 1.05 bits per heavy atom. The minimum Gasteiger partial charge on any atom is -0.317 e. The summed E-state index contributed by atoms with van der Waals surface area (Å²) in [6.07, 6.45) is 9.55. The van der Waals surface area contributed by atoms with Gasteiger partial charge in [-0.3, -0.25) is 0 Å². The summed E-state index contributed by atoms with van der Waals surface area (Å²) in [6, 6.07) is 10.6. The van der Waals surface area contributed by atoms with Gasteiger partial charge >= 0.3 is 0 Å². The van der Waals surface area contributed by atoms with Crippen molar-refractivity contribution in [3.8, 4) is 0 Å². The molecule has 4 rings (SSSR count). The molecule has 1 atom stereocenters. The van der Waals surface area contributed by atoms with Crippen LogP contribution < -0.4 is 10.6 Å². The van der Waals surface area contributed by atoms with Gasteiger partial charge in [-0.15, -0.1) is 0 Å². The van der Waals surface area contributed by atoms with E-state index in [-0.39, 0.29) is 0 Å². The maximum Gasteiger partial charge on any atom is 0.0334 e. The first-order valence-corrected chi connectivity index (χ1v) is 8.44. The zero-order chi connectivity index (χ0) is 13.4. The van der Waals surface area contributed by atoms with Crippen LogP contribution in [-0.4, -0.2) is 19.1 Å². The molecule has 1 saturated heterocycles. The maximum absolute atomic E-state index is 3.99. The van der Waals surface area contributed by atoms with E-state index in [0.717, 1.165) is 6.04 Å². The van der Waals surface area contributed by atoms with Crippen molar-refractivity contribution in [2.45, 2.75) is 62.4 Å². The van der Waals surface area contributed by atoms with E-state index >= 15 is 0 Å². The standard InChI is InChI=1S/C18H26N2/c1-2-6-14(5-1)20-17-13-18(9-11-19-12-10-18)16-8-4-3-7-15(16)17/h3-4,7-8,14,17,19-20H,1-2,5-6,9-13H2. The van der Waals surface area contributed by atoms with E-state index in [1.54, 1.807) is 11.1 Å². The van der Waals surface area contributed by atoms with Gasteiger partial charge in [0.2, 0.25) is 0 Å². The van der Waals surface area contributed by atoms with E-state index in [2.05, 4.69) is 34.9 Å². The van der Waals surface area contributed by atoms with Crippen LogP contribution in [-0.2, 0) is 5.41 Å². The van der Waals surface area contributed by atoms with Crippen LogP contribution in [0.5, 0.6) is 0 Å². The molecule has 0 amide bonds. The maximum atomic E-state index is 3.99. The third kappa shape index (κ3) is 2.10. The summed E-state index contributed by atoms with van der Waals surface area (Å²) >= 11 is 0. The fraction of sp³-hybridized carbons (Fsp3) is 0.667. The Morgan fingerprint density at radius 2 is 1.80 bits per heavy atom. The van der Waals surface area contributed by atoms with E-state index in [1.807, 2.05) is 0 Å². The molecule has 20 heavy (non-hydrogen) atoms. The number of piperidine rings is 1. The number of benzene rings is 1. The van der Waals surface area contributed by atoms with Crippen molar-refractivity contribution in [1.29, 1.82) is 0 Å². The van der Waals surface area contributed by atoms with Gasteiger partial charge in [0.15, 0.2) is 0 Å². The molecule has 3 aliphatic rings. The number of rotatable bonds is 2. The Morgan fingerprint density at radius 3 is 2.60 bits per heavy atom. The third-order valence-corrected chi connectivity index (χ3v) is 5.86. The minimum absolute atomic E-state index is 0.456. The number of hydrogen-bond donors (Lipinski definition) is 2. The predicted octanol–water partition coefficient (Wildman–Crippen LogP) is 3.28. The second-order valence-electron chi connectivity index (χ2n) is 7.02. The van der Waals surface area contributed by atoms with Gasteiger partial charge in [-0.2, -0.15) is 0 Å². The zero-order valence-electron chi connectivity index (χ0n) is 12.3. The molecule has 0 aromatic heterocycles. The smallest absolute Gasteiger partial charge is 0.0334 e. The lowest BCUT2D eigenvalue weighted by molar-refractivity contribution is 0.275. The first-order chi connectivity index (χ1) is 9.87. The molecular formula is C18H26N2. The Labute approximate surface area is 122 Å². The molecular weight excluding hydrogens is 244 g/mol. The quantitative estimate of drug-likeness (QED) is 0.862. The highest BCUT2D eigenvalue weighted by Crippen LogP contribution is 2.50. The Hall–Kier alpha value is -0.860. The highest BCUT2D eigenvalue weighted by molar-refractivity contribution is 5.42. The molecule has 1 aromatic carbocycles. The molecule has 1 aliphatic heterocycles. The van der Waals surface area contributed by atoms with E-state index in [9.17, 15) is 0 Å². The van der Waals surface area contributed by atoms with Crippen molar-refractivity contribution in [2.24, 2.45) is 0 Å². The van der Waals surface area contributed by atoms with Crippen molar-refractivity contribution in [3.63, 3.8) is 0 Å². The summed E-state index contributed by atoms with van der Waals surface area (Å²) in [5, 5.41) is 7.52. The molecule has 1 unspecified atom stereocenters. The summed E-state index contributed by atoms with van der Waals surface area (Å²) in [5.41, 5.74) is 3.70. The highest BCUT2D eigenvalue weighted by atomic mass is 15.0. The Bertz CT molecular complexity index is 470. The van der Waals surface area contributed by atoms with Gasteiger partial charge in [0, 0.05) is 12.1 Å². The van der Waals surface area contributed by atoms with Crippen molar-refractivity contribution >= 4 is 0 Å². The topological polar surface area (TPSA) is 24.1 Å². The monoisotopic (exact) mass is 270 g/mol. The minimum atomic E-state index is 0.456. The first kappa shape index (κ1) is 12.8. The first-order valence-electron chi connectivity index (χ1n) is 8.44. The zero-order valence-corrected chi connectivity index (χ0v) is 12.3. The fourth-order valence-electron chi connectivity index (χ4n) is 4.80. The largest absolute Gasteiger partial charge is 0.317 e. The van der Waals surface area contributed by atoms with Crippen LogP contribution in [0.2, 0.25) is 0 Å². The molecule has 2 nitrogen and oxygen atoms in total. The predicted molar refractivity (Wildman–Crippen MR) is 83.0 cm³/mol. The van der Waals surface area contributed by atoms with Crippen LogP contribution >= 0.6 is 0 Å². The molecule has 1 saturated carbocycles. The van der Waals surface area contributed by atoms with Crippen molar-refractivity contribution < 1.29 is 0 Å². The summed E-state index contributed by atoms with van der Waals surface area (Å²) in [6.45, 7) is 2.37. The molecule has 108 valence electrons. The number of nitrogens with one attached hydrogen (secondary N) is 2. The van der Waals surface area contributed by atoms with E-state index in [4.69, 9.17) is 0 Å². The summed E-state index contributed by atoms with van der Waals surface area (Å²) in [4.78, 5) is 0. The van der Waals surface area contributed by atoms with E-state index < -0.39 is 0 Å². The van der Waals surface area contributed by atoms with Gasteiger partial charge in [-0.25, -0.2) is 0 Å². The molecule has 2 heteroatoms. The second kappa shape index (κ2) is 5.16. The molecule has 2 fully saturated rings. The van der Waals surface area contributed by atoms with Crippen LogP contribution in [0, 0.1) is 0 Å². The second-order valence-corrected chi connectivity index (χ2v) is 7.02. The molecule has 1 heterocycles. The average molecular weight is 270 g/mol. The van der Waals surface area contributed by atoms with E-state index in [0.29, 0.717) is 11.5 Å². The Kier molecular flexibility index (Phi) is 3.31. The van der Waals surface area contributed by atoms with Crippen LogP contribution in [0.1, 0.15) is 62.1 Å². The highest BCUT2D eigenvalue weighted by Gasteiger charge is 2.44. The van der Waals surface area contributed by atoms with Gasteiger partial charge in [0.25, 0.3) is 0 Å². The average Bonchev–Trinajstić information content (AvgIpc) is 3.09. The van der Waals surface area contributed by atoms with Gasteiger partial charge in [0.05, 0.1) is 0 Å². The van der Waals surface area contributed by atoms with Crippen LogP contribution in [0.25, 0.3) is 0 Å². The molecule has 1 spiro atoms. The van der Waals surface area contributed by atoms with Crippen molar-refractivity contribution in [2.75, 3.05) is 13.1 Å². The lowest BCUT2D eigenvalue weighted by Crippen LogP contribution is -2.39. The summed E-state index contributed by atoms with van der Waals surface area (Å²) in [5.74, 6) is 0. The fourth-order valence-corrected chi connectivity index (χ4v) is 4.80. The van der Waals surface area contributed by atoms with E-state index in [1.165, 1.54) is 58.0 Å². The molecule has 0 radical (unpaired) electrons. The lowest BCUT2D eigenvalue weighted by Gasteiger charge is -2.35.